The molecule has 0 radical (unpaired) electrons. The largest absolute Gasteiger partial charge is 0.374 e. The zero-order valence-electron chi connectivity index (χ0n) is 11.1. The van der Waals surface area contributed by atoms with Gasteiger partial charge in [0.05, 0.1) is 5.75 Å². The fourth-order valence-corrected chi connectivity index (χ4v) is 2.89. The Morgan fingerprint density at radius 3 is 2.57 bits per heavy atom. The smallest absolute Gasteiger partial charge is 0.251 e. The molecular weight excluding hydrogens is 310 g/mol. The van der Waals surface area contributed by atoms with Crippen molar-refractivity contribution in [3.8, 4) is 0 Å². The van der Waals surface area contributed by atoms with Crippen LogP contribution < -0.4 is 16.4 Å². The normalized spacial score (nSPS) is 10.1. The number of carbonyl (C=O) groups excluding carboxylic acids is 2. The van der Waals surface area contributed by atoms with Crippen molar-refractivity contribution in [3.05, 3.63) is 29.8 Å². The van der Waals surface area contributed by atoms with Gasteiger partial charge in [-0.05, 0) is 24.3 Å². The summed E-state index contributed by atoms with van der Waals surface area (Å²) in [5.74, 6) is -0.120. The van der Waals surface area contributed by atoms with Gasteiger partial charge in [0.15, 0.2) is 4.34 Å². The predicted octanol–water partition coefficient (Wildman–Crippen LogP) is 1.21. The molecule has 7 nitrogen and oxygen atoms in total. The number of thioether (sulfide) groups is 1. The fraction of sp³-hybridized carbons (Fsp3) is 0.167. The van der Waals surface area contributed by atoms with Crippen molar-refractivity contribution < 1.29 is 9.59 Å². The second-order valence-electron chi connectivity index (χ2n) is 3.90. The van der Waals surface area contributed by atoms with Crippen LogP contribution in [0.1, 0.15) is 10.4 Å². The number of nitrogens with two attached hydrogens (primary N) is 1. The van der Waals surface area contributed by atoms with Gasteiger partial charge in [0.1, 0.15) is 0 Å². The summed E-state index contributed by atoms with van der Waals surface area (Å²) in [6.07, 6.45) is 0. The van der Waals surface area contributed by atoms with Gasteiger partial charge in [-0.3, -0.25) is 9.59 Å². The third-order valence-electron chi connectivity index (χ3n) is 2.41. The molecule has 2 aromatic rings. The van der Waals surface area contributed by atoms with Crippen molar-refractivity contribution in [2.24, 2.45) is 0 Å². The first-order chi connectivity index (χ1) is 10.1. The van der Waals surface area contributed by atoms with Crippen LogP contribution in [0, 0.1) is 0 Å². The summed E-state index contributed by atoms with van der Waals surface area (Å²) in [4.78, 5) is 23.2. The maximum absolute atomic E-state index is 11.8. The van der Waals surface area contributed by atoms with Crippen LogP contribution in [-0.2, 0) is 4.79 Å². The molecule has 1 heterocycles. The topological polar surface area (TPSA) is 110 Å². The van der Waals surface area contributed by atoms with E-state index < -0.39 is 0 Å². The molecule has 0 saturated heterocycles. The molecule has 0 spiro atoms. The molecule has 1 aromatic carbocycles. The van der Waals surface area contributed by atoms with E-state index >= 15 is 0 Å². The first kappa shape index (κ1) is 15.3. The number of hydrogen-bond donors (Lipinski definition) is 3. The summed E-state index contributed by atoms with van der Waals surface area (Å²) in [6.45, 7) is 0. The zero-order valence-corrected chi connectivity index (χ0v) is 12.8. The molecule has 21 heavy (non-hydrogen) atoms. The molecule has 0 aliphatic carbocycles. The molecule has 9 heteroatoms. The molecule has 0 bridgehead atoms. The van der Waals surface area contributed by atoms with Crippen molar-refractivity contribution in [1.82, 2.24) is 15.5 Å². The number of nitrogens with one attached hydrogen (secondary N) is 2. The lowest BCUT2D eigenvalue weighted by Gasteiger charge is -2.05. The van der Waals surface area contributed by atoms with Gasteiger partial charge in [-0.2, -0.15) is 0 Å². The molecule has 0 saturated carbocycles. The van der Waals surface area contributed by atoms with Crippen LogP contribution in [-0.4, -0.2) is 34.8 Å². The van der Waals surface area contributed by atoms with Crippen LogP contribution in [0.2, 0.25) is 0 Å². The number of anilines is 2. The van der Waals surface area contributed by atoms with Crippen LogP contribution >= 0.6 is 23.1 Å². The number of carbonyl (C=O) groups is 2. The highest BCUT2D eigenvalue weighted by Crippen LogP contribution is 2.23. The Kier molecular flexibility index (Phi) is 5.12. The number of hydrogen-bond acceptors (Lipinski definition) is 7. The summed E-state index contributed by atoms with van der Waals surface area (Å²) in [7, 11) is 1.56. The van der Waals surface area contributed by atoms with Crippen LogP contribution in [0.4, 0.5) is 10.8 Å². The Balaban J connectivity index is 1.86. The van der Waals surface area contributed by atoms with Gasteiger partial charge in [0.25, 0.3) is 5.91 Å². The molecule has 0 fully saturated rings. The zero-order chi connectivity index (χ0) is 15.2. The van der Waals surface area contributed by atoms with Gasteiger partial charge in [0, 0.05) is 18.3 Å². The van der Waals surface area contributed by atoms with E-state index in [2.05, 4.69) is 20.8 Å². The molecule has 2 rings (SSSR count). The van der Waals surface area contributed by atoms with Crippen LogP contribution in [0.3, 0.4) is 0 Å². The van der Waals surface area contributed by atoms with Gasteiger partial charge >= 0.3 is 0 Å². The number of nitrogen functional groups attached to an aromatic ring is 1. The van der Waals surface area contributed by atoms with E-state index in [1.54, 1.807) is 31.3 Å². The van der Waals surface area contributed by atoms with Crippen LogP contribution in [0.25, 0.3) is 0 Å². The minimum Gasteiger partial charge on any atom is -0.374 e. The lowest BCUT2D eigenvalue weighted by Crippen LogP contribution is -2.18. The lowest BCUT2D eigenvalue weighted by molar-refractivity contribution is -0.113. The monoisotopic (exact) mass is 323 g/mol. The van der Waals surface area contributed by atoms with Crippen LogP contribution in [0.5, 0.6) is 0 Å². The minimum absolute atomic E-state index is 0.165. The molecular formula is C12H13N5O2S2. The summed E-state index contributed by atoms with van der Waals surface area (Å²) in [5.41, 5.74) is 6.62. The van der Waals surface area contributed by atoms with Gasteiger partial charge in [-0.25, -0.2) is 0 Å². The molecule has 2 amide bonds. The number of benzene rings is 1. The molecule has 0 atom stereocenters. The quantitative estimate of drug-likeness (QED) is 0.713. The van der Waals surface area contributed by atoms with Gasteiger partial charge in [-0.1, -0.05) is 23.1 Å². The summed E-state index contributed by atoms with van der Waals surface area (Å²) < 4.78 is 0.651. The van der Waals surface area contributed by atoms with Gasteiger partial charge < -0.3 is 16.4 Å². The van der Waals surface area contributed by atoms with Gasteiger partial charge in [0.2, 0.25) is 11.0 Å². The highest BCUT2D eigenvalue weighted by molar-refractivity contribution is 8.01. The molecule has 110 valence electrons. The Morgan fingerprint density at radius 1 is 1.29 bits per heavy atom. The van der Waals surface area contributed by atoms with Crippen molar-refractivity contribution in [3.63, 3.8) is 0 Å². The van der Waals surface area contributed by atoms with Crippen LogP contribution in [0.15, 0.2) is 28.6 Å². The Labute approximate surface area is 129 Å². The highest BCUT2D eigenvalue weighted by atomic mass is 32.2. The van der Waals surface area contributed by atoms with Crippen molar-refractivity contribution in [2.45, 2.75) is 4.34 Å². The lowest BCUT2D eigenvalue weighted by atomic mass is 10.2. The fourth-order valence-electron chi connectivity index (χ4n) is 1.45. The maximum Gasteiger partial charge on any atom is 0.251 e. The summed E-state index contributed by atoms with van der Waals surface area (Å²) >= 11 is 2.51. The first-order valence-electron chi connectivity index (χ1n) is 5.92. The summed E-state index contributed by atoms with van der Waals surface area (Å²) in [6, 6.07) is 6.65. The second-order valence-corrected chi connectivity index (χ2v) is 6.13. The molecule has 0 unspecified atom stereocenters. The van der Waals surface area contributed by atoms with E-state index in [4.69, 9.17) is 5.73 Å². The molecule has 0 aliphatic rings. The van der Waals surface area contributed by atoms with Crippen molar-refractivity contribution in [2.75, 3.05) is 23.9 Å². The average molecular weight is 323 g/mol. The Hall–Kier alpha value is -2.13. The summed E-state index contributed by atoms with van der Waals surface area (Å²) in [5, 5.41) is 13.1. The predicted molar refractivity (Wildman–Crippen MR) is 83.5 cm³/mol. The third-order valence-corrected chi connectivity index (χ3v) is 4.29. The number of amides is 2. The number of rotatable bonds is 5. The highest BCUT2D eigenvalue weighted by Gasteiger charge is 2.08. The van der Waals surface area contributed by atoms with Crippen molar-refractivity contribution >= 4 is 45.7 Å². The SMILES string of the molecule is CNC(=O)c1ccc(NC(=O)CSc2nnc(N)s2)cc1. The Morgan fingerprint density at radius 2 is 2.00 bits per heavy atom. The second kappa shape index (κ2) is 7.04. The van der Waals surface area contributed by atoms with Gasteiger partial charge in [-0.15, -0.1) is 10.2 Å². The molecule has 1 aromatic heterocycles. The first-order valence-corrected chi connectivity index (χ1v) is 7.72. The number of aromatic nitrogens is 2. The van der Waals surface area contributed by atoms with E-state index in [0.29, 0.717) is 20.7 Å². The maximum atomic E-state index is 11.8. The average Bonchev–Trinajstić information content (AvgIpc) is 2.91. The van der Waals surface area contributed by atoms with E-state index in [1.807, 2.05) is 0 Å². The van der Waals surface area contributed by atoms with E-state index in [0.717, 1.165) is 0 Å². The van der Waals surface area contributed by atoms with E-state index in [1.165, 1.54) is 23.1 Å². The molecule has 0 aliphatic heterocycles. The van der Waals surface area contributed by atoms with E-state index in [9.17, 15) is 9.59 Å². The number of nitrogens with zero attached hydrogens (tertiary/aromatic N) is 2. The van der Waals surface area contributed by atoms with Crippen molar-refractivity contribution in [1.29, 1.82) is 0 Å². The standard InChI is InChI=1S/C12H13N5O2S2/c1-14-10(19)7-2-4-8(5-3-7)15-9(18)6-20-12-17-16-11(13)21-12/h2-5H,6H2,1H3,(H2,13,16)(H,14,19)(H,15,18). The minimum atomic E-state index is -0.169. The molecule has 4 N–H and O–H groups in total. The van der Waals surface area contributed by atoms with E-state index in [-0.39, 0.29) is 17.6 Å². The third kappa shape index (κ3) is 4.43. The Bertz CT molecular complexity index is 641.